The molecule has 0 aliphatic heterocycles. The van der Waals surface area contributed by atoms with Crippen LogP contribution in [0.15, 0.2) is 25.3 Å². The maximum atomic E-state index is 7.26. The van der Waals surface area contributed by atoms with Gasteiger partial charge < -0.3 is 0 Å². The average molecular weight is 106 g/mol. The minimum atomic E-state index is 1.24. The third kappa shape index (κ3) is 252. The molecule has 0 unspecified atom stereocenters. The highest BCUT2D eigenvalue weighted by atomic mass is 14.3. The van der Waals surface area contributed by atoms with Gasteiger partial charge in [-0.05, 0) is 0 Å². The van der Waals surface area contributed by atoms with Crippen LogP contribution in [-0.2, 0) is 0 Å². The van der Waals surface area contributed by atoms with Gasteiger partial charge in [0.1, 0.15) is 0 Å². The van der Waals surface area contributed by atoms with Crippen molar-refractivity contribution in [1.82, 2.24) is 0 Å². The molecule has 0 saturated heterocycles. The zero-order valence-electron chi connectivity index (χ0n) is 4.46. The topological polar surface area (TPSA) is 47.6 Å². The van der Waals surface area contributed by atoms with Gasteiger partial charge in [0.05, 0.1) is 0 Å². The van der Waals surface area contributed by atoms with Gasteiger partial charge >= 0.3 is 0 Å². The Morgan fingerprint density at radius 2 is 1.25 bits per heavy atom. The molecule has 0 aromatic heterocycles. The van der Waals surface area contributed by atoms with Crippen molar-refractivity contribution in [3.05, 3.63) is 25.3 Å². The molecule has 0 heterocycles. The van der Waals surface area contributed by atoms with Crippen LogP contribution in [0.5, 0.6) is 0 Å². The van der Waals surface area contributed by atoms with E-state index >= 15 is 0 Å². The highest BCUT2D eigenvalue weighted by molar-refractivity contribution is 4.99. The summed E-state index contributed by atoms with van der Waals surface area (Å²) in [5.74, 6) is 0. The first-order valence-corrected chi connectivity index (χ1v) is 1.85. The molecule has 0 aliphatic carbocycles. The van der Waals surface area contributed by atoms with E-state index in [4.69, 9.17) is 10.5 Å². The maximum Gasteiger partial charge on any atom is 0.181 e. The zero-order valence-corrected chi connectivity index (χ0v) is 4.46. The van der Waals surface area contributed by atoms with Crippen molar-refractivity contribution in [2.24, 2.45) is 0 Å². The lowest BCUT2D eigenvalue weighted by Gasteiger charge is -1.44. The standard InChI is InChI=1S/C4H6.C2N2/c1-3-4-2;3-1-2-4/h3-4H,1-2H2;. The van der Waals surface area contributed by atoms with E-state index in [2.05, 4.69) is 13.2 Å². The lowest BCUT2D eigenvalue weighted by molar-refractivity contribution is 1.49. The predicted octanol–water partition coefficient (Wildman–Crippen LogP) is 1.39. The monoisotopic (exact) mass is 106 g/mol. The fraction of sp³-hybridized carbons (Fsp3) is 0. The van der Waals surface area contributed by atoms with E-state index in [-0.39, 0.29) is 0 Å². The molecule has 0 aliphatic rings. The summed E-state index contributed by atoms with van der Waals surface area (Å²) in [6.07, 6.45) is 3.28. The average Bonchev–Trinajstić information content (AvgIpc) is 1.88. The van der Waals surface area contributed by atoms with Crippen molar-refractivity contribution in [1.29, 1.82) is 10.5 Å². The second-order valence-corrected chi connectivity index (χ2v) is 0.695. The molecular formula is C6H6N2. The molecule has 2 heteroatoms. The number of hydrogen-bond acceptors (Lipinski definition) is 2. The van der Waals surface area contributed by atoms with Gasteiger partial charge in [0.2, 0.25) is 0 Å². The minimum absolute atomic E-state index is 1.24. The molecule has 2 nitrogen and oxygen atoms in total. The van der Waals surface area contributed by atoms with Crippen LogP contribution in [0, 0.1) is 22.7 Å². The summed E-state index contributed by atoms with van der Waals surface area (Å²) in [5.41, 5.74) is 0. The Hall–Kier alpha value is -1.54. The van der Waals surface area contributed by atoms with E-state index in [1.807, 2.05) is 0 Å². The summed E-state index contributed by atoms with van der Waals surface area (Å²) in [4.78, 5) is 0. The summed E-state index contributed by atoms with van der Waals surface area (Å²) in [6.45, 7) is 6.72. The Morgan fingerprint density at radius 1 is 1.00 bits per heavy atom. The summed E-state index contributed by atoms with van der Waals surface area (Å²) < 4.78 is 0. The lowest BCUT2D eigenvalue weighted by atomic mass is 10.6. The predicted molar refractivity (Wildman–Crippen MR) is 31.6 cm³/mol. The molecule has 40 valence electrons. The fourth-order valence-electron chi connectivity index (χ4n) is 0. The van der Waals surface area contributed by atoms with Crippen molar-refractivity contribution in [3.8, 4) is 12.1 Å². The van der Waals surface area contributed by atoms with Gasteiger partial charge in [0.15, 0.2) is 12.1 Å². The molecule has 0 N–H and O–H groups in total. The highest BCUT2D eigenvalue weighted by Crippen LogP contribution is 1.52. The quantitative estimate of drug-likeness (QED) is 0.474. The first kappa shape index (κ1) is 9.68. The number of nitrogens with zero attached hydrogens (tertiary/aromatic N) is 2. The first-order chi connectivity index (χ1) is 3.83. The molecule has 0 radical (unpaired) electrons. The van der Waals surface area contributed by atoms with Crippen molar-refractivity contribution in [2.75, 3.05) is 0 Å². The third-order valence-corrected chi connectivity index (χ3v) is 0.217. The van der Waals surface area contributed by atoms with Crippen LogP contribution in [0.2, 0.25) is 0 Å². The minimum Gasteiger partial charge on any atom is -0.181 e. The van der Waals surface area contributed by atoms with Gasteiger partial charge in [-0.15, -0.1) is 0 Å². The lowest BCUT2D eigenvalue weighted by Crippen LogP contribution is -1.26. The third-order valence-electron chi connectivity index (χ3n) is 0.217. The van der Waals surface area contributed by atoms with Crippen molar-refractivity contribution in [2.45, 2.75) is 0 Å². The molecule has 8 heavy (non-hydrogen) atoms. The molecular weight excluding hydrogens is 100 g/mol. The van der Waals surface area contributed by atoms with Crippen LogP contribution >= 0.6 is 0 Å². The first-order valence-electron chi connectivity index (χ1n) is 1.85. The van der Waals surface area contributed by atoms with Crippen LogP contribution in [0.1, 0.15) is 0 Å². The van der Waals surface area contributed by atoms with Crippen LogP contribution in [0.3, 0.4) is 0 Å². The maximum absolute atomic E-state index is 7.26. The molecule has 0 saturated carbocycles. The van der Waals surface area contributed by atoms with E-state index in [0.717, 1.165) is 0 Å². The van der Waals surface area contributed by atoms with Gasteiger partial charge in [-0.3, -0.25) is 0 Å². The van der Waals surface area contributed by atoms with Crippen LogP contribution in [-0.4, -0.2) is 0 Å². The van der Waals surface area contributed by atoms with Crippen LogP contribution < -0.4 is 0 Å². The summed E-state index contributed by atoms with van der Waals surface area (Å²) in [6, 6.07) is 2.47. The van der Waals surface area contributed by atoms with Gasteiger partial charge in [0.25, 0.3) is 0 Å². The smallest absolute Gasteiger partial charge is 0.181 e. The normalized spacial score (nSPS) is 3.75. The molecule has 0 rings (SSSR count). The largest absolute Gasteiger partial charge is 0.181 e. The van der Waals surface area contributed by atoms with E-state index in [1.165, 1.54) is 12.1 Å². The summed E-state index contributed by atoms with van der Waals surface area (Å²) in [7, 11) is 0. The summed E-state index contributed by atoms with van der Waals surface area (Å²) >= 11 is 0. The molecule has 0 spiro atoms. The molecule has 0 fully saturated rings. The number of nitriles is 2. The molecule has 0 bridgehead atoms. The number of rotatable bonds is 1. The molecule has 0 amide bonds. The second-order valence-electron chi connectivity index (χ2n) is 0.695. The Labute approximate surface area is 49.0 Å². The molecule has 0 aromatic rings. The number of hydrogen-bond donors (Lipinski definition) is 0. The fourth-order valence-corrected chi connectivity index (χ4v) is 0. The van der Waals surface area contributed by atoms with E-state index in [1.54, 1.807) is 12.2 Å². The van der Waals surface area contributed by atoms with Gasteiger partial charge in [-0.2, -0.15) is 10.5 Å². The Morgan fingerprint density at radius 3 is 1.25 bits per heavy atom. The SMILES string of the molecule is C=CC=C.N#CC#N. The van der Waals surface area contributed by atoms with Crippen molar-refractivity contribution in [3.63, 3.8) is 0 Å². The van der Waals surface area contributed by atoms with Crippen molar-refractivity contribution >= 4 is 0 Å². The van der Waals surface area contributed by atoms with Gasteiger partial charge in [-0.25, -0.2) is 0 Å². The molecule has 0 aromatic carbocycles. The zero-order chi connectivity index (χ0) is 6.83. The van der Waals surface area contributed by atoms with Gasteiger partial charge in [0, 0.05) is 0 Å². The second kappa shape index (κ2) is 17.9. The van der Waals surface area contributed by atoms with Crippen molar-refractivity contribution < 1.29 is 0 Å². The highest BCUT2D eigenvalue weighted by Gasteiger charge is 1.39. The van der Waals surface area contributed by atoms with Crippen LogP contribution in [0.4, 0.5) is 0 Å². The molecule has 0 atom stereocenters. The number of allylic oxidation sites excluding steroid dienone is 2. The summed E-state index contributed by atoms with van der Waals surface area (Å²) in [5, 5.41) is 14.5. The van der Waals surface area contributed by atoms with Gasteiger partial charge in [-0.1, -0.05) is 25.3 Å². The van der Waals surface area contributed by atoms with E-state index < -0.39 is 0 Å². The Kier molecular flexibility index (Phi) is 21.7. The van der Waals surface area contributed by atoms with E-state index in [0.29, 0.717) is 0 Å². The van der Waals surface area contributed by atoms with E-state index in [9.17, 15) is 0 Å². The Bertz CT molecular complexity index is 116. The van der Waals surface area contributed by atoms with Crippen LogP contribution in [0.25, 0.3) is 0 Å². The Balaban J connectivity index is 0.